The van der Waals surface area contributed by atoms with Gasteiger partial charge in [-0.3, -0.25) is 4.79 Å². The second-order valence-corrected chi connectivity index (χ2v) is 5.12. The van der Waals surface area contributed by atoms with Crippen molar-refractivity contribution in [1.82, 2.24) is 10.6 Å². The molecular weight excluding hydrogens is 270 g/mol. The molecule has 0 aromatic heterocycles. The maximum Gasteiger partial charge on any atom is 0.312 e. The van der Waals surface area contributed by atoms with Gasteiger partial charge in [-0.15, -0.1) is 0 Å². The van der Waals surface area contributed by atoms with Gasteiger partial charge < -0.3 is 21.1 Å². The average Bonchev–Trinajstić information content (AvgIpc) is 2.44. The first-order valence-electron chi connectivity index (χ1n) is 8.04. The van der Waals surface area contributed by atoms with Crippen molar-refractivity contribution in [3.8, 4) is 0 Å². The smallest absolute Gasteiger partial charge is 0.312 e. The van der Waals surface area contributed by atoms with Crippen LogP contribution in [0.15, 0.2) is 0 Å². The highest BCUT2D eigenvalue weighted by molar-refractivity contribution is 5.77. The number of hydrogen-bond acceptors (Lipinski definition) is 3. The van der Waals surface area contributed by atoms with Crippen LogP contribution >= 0.6 is 0 Å². The summed E-state index contributed by atoms with van der Waals surface area (Å²) >= 11 is 0. The molecule has 0 heterocycles. The lowest BCUT2D eigenvalue weighted by Crippen LogP contribution is -2.34. The molecule has 4 N–H and O–H groups in total. The first kappa shape index (κ1) is 19.7. The zero-order chi connectivity index (χ0) is 15.8. The maximum absolute atomic E-state index is 11.3. The molecule has 0 aromatic rings. The Morgan fingerprint density at radius 2 is 1.57 bits per heavy atom. The second-order valence-electron chi connectivity index (χ2n) is 5.12. The first-order valence-corrected chi connectivity index (χ1v) is 8.04. The van der Waals surface area contributed by atoms with Crippen LogP contribution in [-0.4, -0.2) is 38.2 Å². The van der Waals surface area contributed by atoms with Gasteiger partial charge in [0.1, 0.15) is 0 Å². The minimum atomic E-state index is -0.606. The molecule has 0 saturated carbocycles. The molecule has 3 amide bonds. The van der Waals surface area contributed by atoms with Crippen molar-refractivity contribution in [2.24, 2.45) is 5.73 Å². The van der Waals surface area contributed by atoms with Gasteiger partial charge in [0, 0.05) is 32.7 Å². The number of primary amides is 1. The summed E-state index contributed by atoms with van der Waals surface area (Å²) in [6.45, 7) is 4.58. The Kier molecular flexibility index (Phi) is 14.2. The number of nitrogens with two attached hydrogens (primary N) is 1. The lowest BCUT2D eigenvalue weighted by molar-refractivity contribution is -0.120. The van der Waals surface area contributed by atoms with E-state index in [1.165, 1.54) is 32.1 Å². The molecular formula is C15H31N3O3. The fraction of sp³-hybridized carbons (Fsp3) is 0.867. The minimum absolute atomic E-state index is 0.0836. The van der Waals surface area contributed by atoms with Gasteiger partial charge in [-0.2, -0.15) is 0 Å². The first-order chi connectivity index (χ1) is 10.2. The molecule has 0 spiro atoms. The fourth-order valence-electron chi connectivity index (χ4n) is 1.88. The van der Waals surface area contributed by atoms with Crippen molar-refractivity contribution < 1.29 is 14.3 Å². The number of ether oxygens (including phenoxy) is 1. The standard InChI is InChI=1S/C15H31N3O3/c1-2-3-4-5-6-7-12-21-13-8-10-17-14(19)9-11-18-15(16)20/h2-13H2,1H3,(H,17,19)(H3,16,18,20). The number of hydrogen-bond donors (Lipinski definition) is 3. The Morgan fingerprint density at radius 1 is 0.905 bits per heavy atom. The van der Waals surface area contributed by atoms with Crippen molar-refractivity contribution in [3.05, 3.63) is 0 Å². The van der Waals surface area contributed by atoms with Gasteiger partial charge in [0.05, 0.1) is 0 Å². The normalized spacial score (nSPS) is 10.3. The van der Waals surface area contributed by atoms with Crippen molar-refractivity contribution in [3.63, 3.8) is 0 Å². The van der Waals surface area contributed by atoms with E-state index in [2.05, 4.69) is 17.6 Å². The van der Waals surface area contributed by atoms with Crippen LogP contribution in [0, 0.1) is 0 Å². The van der Waals surface area contributed by atoms with Crippen LogP contribution in [0.4, 0.5) is 4.79 Å². The van der Waals surface area contributed by atoms with E-state index in [9.17, 15) is 9.59 Å². The molecule has 6 heteroatoms. The van der Waals surface area contributed by atoms with Crippen molar-refractivity contribution in [2.45, 2.75) is 58.3 Å². The zero-order valence-corrected chi connectivity index (χ0v) is 13.3. The van der Waals surface area contributed by atoms with Crippen LogP contribution in [0.1, 0.15) is 58.3 Å². The van der Waals surface area contributed by atoms with E-state index >= 15 is 0 Å². The predicted octanol–water partition coefficient (Wildman–Crippen LogP) is 1.93. The summed E-state index contributed by atoms with van der Waals surface area (Å²) < 4.78 is 5.51. The van der Waals surface area contributed by atoms with Gasteiger partial charge in [-0.05, 0) is 12.8 Å². The number of nitrogens with one attached hydrogen (secondary N) is 2. The lowest BCUT2D eigenvalue weighted by atomic mass is 10.1. The van der Waals surface area contributed by atoms with Crippen LogP contribution in [0.3, 0.4) is 0 Å². The summed E-state index contributed by atoms with van der Waals surface area (Å²) in [6.07, 6.45) is 8.65. The van der Waals surface area contributed by atoms with E-state index in [1.807, 2.05) is 0 Å². The zero-order valence-electron chi connectivity index (χ0n) is 13.3. The van der Waals surface area contributed by atoms with Gasteiger partial charge in [0.2, 0.25) is 5.91 Å². The molecule has 0 fully saturated rings. The molecule has 0 rings (SSSR count). The fourth-order valence-corrected chi connectivity index (χ4v) is 1.88. The SMILES string of the molecule is CCCCCCCCOCCCNC(=O)CCNC(N)=O. The van der Waals surface area contributed by atoms with Gasteiger partial charge in [0.25, 0.3) is 0 Å². The van der Waals surface area contributed by atoms with Crippen molar-refractivity contribution >= 4 is 11.9 Å². The molecule has 0 saturated heterocycles. The van der Waals surface area contributed by atoms with Crippen LogP contribution in [-0.2, 0) is 9.53 Å². The molecule has 124 valence electrons. The summed E-state index contributed by atoms with van der Waals surface area (Å²) in [7, 11) is 0. The summed E-state index contributed by atoms with van der Waals surface area (Å²) in [6, 6.07) is -0.606. The third-order valence-corrected chi connectivity index (χ3v) is 3.08. The Balaban J connectivity index is 3.14. The van der Waals surface area contributed by atoms with Crippen molar-refractivity contribution in [1.29, 1.82) is 0 Å². The summed E-state index contributed by atoms with van der Waals surface area (Å²) in [5.74, 6) is -0.0836. The van der Waals surface area contributed by atoms with Crippen LogP contribution < -0.4 is 16.4 Å². The molecule has 0 radical (unpaired) electrons. The third-order valence-electron chi connectivity index (χ3n) is 3.08. The number of carbonyl (C=O) groups excluding carboxylic acids is 2. The second kappa shape index (κ2) is 15.1. The van der Waals surface area contributed by atoms with Crippen molar-refractivity contribution in [2.75, 3.05) is 26.3 Å². The molecule has 21 heavy (non-hydrogen) atoms. The maximum atomic E-state index is 11.3. The van der Waals surface area contributed by atoms with E-state index in [0.29, 0.717) is 13.2 Å². The van der Waals surface area contributed by atoms with E-state index in [0.717, 1.165) is 19.4 Å². The van der Waals surface area contributed by atoms with Gasteiger partial charge in [0.15, 0.2) is 0 Å². The van der Waals surface area contributed by atoms with Crippen LogP contribution in [0.5, 0.6) is 0 Å². The quantitative estimate of drug-likeness (QED) is 0.428. The lowest BCUT2D eigenvalue weighted by Gasteiger charge is -2.06. The topological polar surface area (TPSA) is 93.4 Å². The summed E-state index contributed by atoms with van der Waals surface area (Å²) in [5.41, 5.74) is 4.89. The third kappa shape index (κ3) is 16.6. The molecule has 0 aliphatic carbocycles. The molecule has 0 unspecified atom stereocenters. The van der Waals surface area contributed by atoms with Gasteiger partial charge in [-0.25, -0.2) is 4.79 Å². The van der Waals surface area contributed by atoms with E-state index < -0.39 is 6.03 Å². The highest BCUT2D eigenvalue weighted by Crippen LogP contribution is 2.04. The monoisotopic (exact) mass is 301 g/mol. The summed E-state index contributed by atoms with van der Waals surface area (Å²) in [5, 5.41) is 5.14. The Morgan fingerprint density at radius 3 is 2.29 bits per heavy atom. The van der Waals surface area contributed by atoms with Crippen LogP contribution in [0.25, 0.3) is 0 Å². The minimum Gasteiger partial charge on any atom is -0.381 e. The molecule has 0 atom stereocenters. The highest BCUT2D eigenvalue weighted by Gasteiger charge is 2.00. The molecule has 6 nitrogen and oxygen atoms in total. The predicted molar refractivity (Wildman–Crippen MR) is 84.0 cm³/mol. The number of amides is 3. The number of unbranched alkanes of at least 4 members (excludes halogenated alkanes) is 5. The average molecular weight is 301 g/mol. The van der Waals surface area contributed by atoms with Gasteiger partial charge in [-0.1, -0.05) is 39.0 Å². The van der Waals surface area contributed by atoms with Gasteiger partial charge >= 0.3 is 6.03 Å². The molecule has 0 bridgehead atoms. The number of rotatable bonds is 14. The van der Waals surface area contributed by atoms with E-state index in [4.69, 9.17) is 10.5 Å². The summed E-state index contributed by atoms with van der Waals surface area (Å²) in [4.78, 5) is 21.7. The molecule has 0 aromatic carbocycles. The number of carbonyl (C=O) groups is 2. The Labute approximate surface area is 128 Å². The molecule has 0 aliphatic heterocycles. The Bertz CT molecular complexity index is 273. The molecule has 0 aliphatic rings. The number of urea groups is 1. The van der Waals surface area contributed by atoms with E-state index in [1.54, 1.807) is 0 Å². The largest absolute Gasteiger partial charge is 0.381 e. The Hall–Kier alpha value is -1.30. The highest BCUT2D eigenvalue weighted by atomic mass is 16.5. The van der Waals surface area contributed by atoms with Crippen LogP contribution in [0.2, 0.25) is 0 Å². The van der Waals surface area contributed by atoms with E-state index in [-0.39, 0.29) is 18.9 Å².